The molecule has 2 N–H and O–H groups in total. The second-order valence-electron chi connectivity index (χ2n) is 5.00. The first-order valence-corrected chi connectivity index (χ1v) is 7.78. The molecular formula is C17H18BrF2N. The number of hydrogen-bond donors (Lipinski definition) is 1. The van der Waals surface area contributed by atoms with Crippen LogP contribution in [0.15, 0.2) is 34.8 Å². The topological polar surface area (TPSA) is 26.0 Å². The lowest BCUT2D eigenvalue weighted by molar-refractivity contribution is 0.542. The van der Waals surface area contributed by atoms with E-state index in [0.717, 1.165) is 18.4 Å². The number of aryl methyl sites for hydroxylation is 2. The third-order valence-electron chi connectivity index (χ3n) is 3.71. The lowest BCUT2D eigenvalue weighted by Gasteiger charge is -2.17. The van der Waals surface area contributed by atoms with Crippen LogP contribution in [0.1, 0.15) is 42.1 Å². The highest BCUT2D eigenvalue weighted by Gasteiger charge is 2.20. The van der Waals surface area contributed by atoms with Crippen LogP contribution in [0.5, 0.6) is 0 Å². The Labute approximate surface area is 132 Å². The maximum Gasteiger partial charge on any atom is 0.132 e. The molecule has 1 nitrogen and oxygen atoms in total. The van der Waals surface area contributed by atoms with Crippen LogP contribution in [0.2, 0.25) is 0 Å². The van der Waals surface area contributed by atoms with Gasteiger partial charge in [0.25, 0.3) is 0 Å². The number of halogens is 3. The number of rotatable bonds is 4. The molecule has 0 radical (unpaired) electrons. The fourth-order valence-corrected chi connectivity index (χ4v) is 2.93. The van der Waals surface area contributed by atoms with Gasteiger partial charge in [-0.15, -0.1) is 0 Å². The highest BCUT2D eigenvalue weighted by Crippen LogP contribution is 2.29. The lowest BCUT2D eigenvalue weighted by Crippen LogP contribution is -2.16. The second kappa shape index (κ2) is 6.67. The molecule has 2 aromatic rings. The van der Waals surface area contributed by atoms with Crippen molar-refractivity contribution in [3.05, 3.63) is 68.7 Å². The minimum Gasteiger partial charge on any atom is -0.320 e. The largest absolute Gasteiger partial charge is 0.320 e. The fraction of sp³-hybridized carbons (Fsp3) is 0.294. The Bertz CT molecular complexity index is 632. The van der Waals surface area contributed by atoms with Gasteiger partial charge in [0.15, 0.2) is 0 Å². The molecule has 112 valence electrons. The fourth-order valence-electron chi connectivity index (χ4n) is 2.53. The highest BCUT2D eigenvalue weighted by molar-refractivity contribution is 9.10. The van der Waals surface area contributed by atoms with E-state index in [-0.39, 0.29) is 5.56 Å². The van der Waals surface area contributed by atoms with Gasteiger partial charge in [-0.3, -0.25) is 0 Å². The van der Waals surface area contributed by atoms with Gasteiger partial charge in [-0.2, -0.15) is 0 Å². The van der Waals surface area contributed by atoms with E-state index in [2.05, 4.69) is 29.8 Å². The molecule has 0 fully saturated rings. The summed E-state index contributed by atoms with van der Waals surface area (Å²) in [6.07, 6.45) is 1.80. The Hall–Kier alpha value is -1.26. The molecule has 0 aliphatic rings. The molecule has 0 bridgehead atoms. The van der Waals surface area contributed by atoms with Gasteiger partial charge in [-0.1, -0.05) is 48.0 Å². The maximum atomic E-state index is 14.0. The minimum atomic E-state index is -0.811. The molecule has 2 rings (SSSR count). The number of hydrogen-bond acceptors (Lipinski definition) is 1. The molecular weight excluding hydrogens is 336 g/mol. The summed E-state index contributed by atoms with van der Waals surface area (Å²) in [5.74, 6) is -1.26. The average Bonchev–Trinajstić information content (AvgIpc) is 2.45. The molecule has 0 saturated heterocycles. The predicted molar refractivity (Wildman–Crippen MR) is 85.3 cm³/mol. The van der Waals surface area contributed by atoms with Gasteiger partial charge in [0.05, 0.1) is 6.04 Å². The van der Waals surface area contributed by atoms with Crippen LogP contribution in [-0.4, -0.2) is 0 Å². The van der Waals surface area contributed by atoms with Crippen molar-refractivity contribution < 1.29 is 8.78 Å². The third kappa shape index (κ3) is 3.33. The molecule has 1 atom stereocenters. The van der Waals surface area contributed by atoms with Gasteiger partial charge >= 0.3 is 0 Å². The zero-order valence-corrected chi connectivity index (χ0v) is 13.7. The molecule has 0 aromatic heterocycles. The summed E-state index contributed by atoms with van der Waals surface area (Å²) < 4.78 is 28.4. The van der Waals surface area contributed by atoms with Crippen molar-refractivity contribution in [2.75, 3.05) is 0 Å². The molecule has 0 amide bonds. The molecule has 0 aliphatic carbocycles. The van der Waals surface area contributed by atoms with E-state index in [1.165, 1.54) is 23.3 Å². The van der Waals surface area contributed by atoms with Crippen molar-refractivity contribution in [1.29, 1.82) is 0 Å². The van der Waals surface area contributed by atoms with E-state index in [1.807, 2.05) is 18.2 Å². The smallest absolute Gasteiger partial charge is 0.132 e. The highest BCUT2D eigenvalue weighted by atomic mass is 79.9. The van der Waals surface area contributed by atoms with Crippen LogP contribution in [0.25, 0.3) is 0 Å². The Kier molecular flexibility index (Phi) is 5.12. The Morgan fingerprint density at radius 2 is 1.57 bits per heavy atom. The van der Waals surface area contributed by atoms with E-state index in [4.69, 9.17) is 5.73 Å². The quantitative estimate of drug-likeness (QED) is 0.830. The van der Waals surface area contributed by atoms with E-state index < -0.39 is 17.7 Å². The van der Waals surface area contributed by atoms with Gasteiger partial charge < -0.3 is 5.73 Å². The van der Waals surface area contributed by atoms with E-state index in [9.17, 15) is 8.78 Å². The molecule has 2 aromatic carbocycles. The van der Waals surface area contributed by atoms with Crippen LogP contribution in [0.4, 0.5) is 8.78 Å². The normalized spacial score (nSPS) is 12.5. The SMILES string of the molecule is CCc1ccc(C(N)c2c(F)cc(Br)cc2F)cc1CC. The molecule has 0 spiro atoms. The van der Waals surface area contributed by atoms with Crippen molar-refractivity contribution in [3.8, 4) is 0 Å². The molecule has 0 aliphatic heterocycles. The molecule has 4 heteroatoms. The minimum absolute atomic E-state index is 0.0931. The van der Waals surface area contributed by atoms with E-state index in [0.29, 0.717) is 4.47 Å². The molecule has 1 unspecified atom stereocenters. The summed E-state index contributed by atoms with van der Waals surface area (Å²) in [4.78, 5) is 0. The standard InChI is InChI=1S/C17H18BrF2N/c1-3-10-5-6-12(7-11(10)4-2)17(21)16-14(19)8-13(18)9-15(16)20/h5-9,17H,3-4,21H2,1-2H3. The Balaban J connectivity index is 2.47. The summed E-state index contributed by atoms with van der Waals surface area (Å²) in [6.45, 7) is 4.15. The third-order valence-corrected chi connectivity index (χ3v) is 4.16. The summed E-state index contributed by atoms with van der Waals surface area (Å²) >= 11 is 3.07. The monoisotopic (exact) mass is 353 g/mol. The van der Waals surface area contributed by atoms with Gasteiger partial charge in [0.1, 0.15) is 11.6 Å². The number of nitrogens with two attached hydrogens (primary N) is 1. The van der Waals surface area contributed by atoms with Crippen molar-refractivity contribution in [1.82, 2.24) is 0 Å². The van der Waals surface area contributed by atoms with Gasteiger partial charge in [-0.25, -0.2) is 8.78 Å². The van der Waals surface area contributed by atoms with Crippen LogP contribution in [-0.2, 0) is 12.8 Å². The van der Waals surface area contributed by atoms with Crippen molar-refractivity contribution in [3.63, 3.8) is 0 Å². The van der Waals surface area contributed by atoms with Crippen molar-refractivity contribution >= 4 is 15.9 Å². The first-order valence-electron chi connectivity index (χ1n) is 6.99. The van der Waals surface area contributed by atoms with Crippen LogP contribution in [0.3, 0.4) is 0 Å². The molecule has 21 heavy (non-hydrogen) atoms. The van der Waals surface area contributed by atoms with Crippen molar-refractivity contribution in [2.45, 2.75) is 32.7 Å². The summed E-state index contributed by atoms with van der Waals surface area (Å²) in [6, 6.07) is 7.45. The summed E-state index contributed by atoms with van der Waals surface area (Å²) in [5, 5.41) is 0. The van der Waals surface area contributed by atoms with Crippen molar-refractivity contribution in [2.24, 2.45) is 5.73 Å². The first kappa shape index (κ1) is 16.1. The second-order valence-corrected chi connectivity index (χ2v) is 5.91. The lowest BCUT2D eigenvalue weighted by atomic mass is 9.93. The predicted octanol–water partition coefficient (Wildman–Crippen LogP) is 4.90. The zero-order chi connectivity index (χ0) is 15.6. The van der Waals surface area contributed by atoms with Gasteiger partial charge in [0, 0.05) is 10.0 Å². The van der Waals surface area contributed by atoms with Crippen LogP contribution >= 0.6 is 15.9 Å². The zero-order valence-electron chi connectivity index (χ0n) is 12.1. The average molecular weight is 354 g/mol. The van der Waals surface area contributed by atoms with Gasteiger partial charge in [-0.05, 0) is 41.7 Å². The van der Waals surface area contributed by atoms with E-state index >= 15 is 0 Å². The number of benzene rings is 2. The van der Waals surface area contributed by atoms with Gasteiger partial charge in [0.2, 0.25) is 0 Å². The summed E-state index contributed by atoms with van der Waals surface area (Å²) in [7, 11) is 0. The molecule has 0 saturated carbocycles. The first-order chi connectivity index (χ1) is 9.97. The Morgan fingerprint density at radius 3 is 2.10 bits per heavy atom. The summed E-state index contributed by atoms with van der Waals surface area (Å²) in [5.41, 5.74) is 9.13. The maximum absolute atomic E-state index is 14.0. The van der Waals surface area contributed by atoms with Crippen LogP contribution < -0.4 is 5.73 Å². The Morgan fingerprint density at radius 1 is 1.00 bits per heavy atom. The van der Waals surface area contributed by atoms with Crippen LogP contribution in [0, 0.1) is 11.6 Å². The van der Waals surface area contributed by atoms with E-state index in [1.54, 1.807) is 0 Å². The molecule has 0 heterocycles.